The number of nitrogens with zero attached hydrogens (tertiary/aromatic N) is 4. The van der Waals surface area contributed by atoms with Crippen molar-refractivity contribution in [2.24, 2.45) is 0 Å². The van der Waals surface area contributed by atoms with Gasteiger partial charge in [0.05, 0.1) is 12.3 Å². The first-order valence-corrected chi connectivity index (χ1v) is 8.64. The minimum atomic E-state index is -0.110. The van der Waals surface area contributed by atoms with Crippen molar-refractivity contribution >= 4 is 29.0 Å². The molecule has 118 valence electrons. The molecule has 1 amide bonds. The lowest BCUT2D eigenvalue weighted by Gasteiger charge is -2.01. The zero-order valence-corrected chi connectivity index (χ0v) is 13.6. The van der Waals surface area contributed by atoms with Crippen molar-refractivity contribution in [3.05, 3.63) is 16.7 Å². The summed E-state index contributed by atoms with van der Waals surface area (Å²) in [6.45, 7) is 2.84. The molecule has 2 aromatic rings. The number of hydrogen-bond acceptors (Lipinski definition) is 9. The number of rotatable bonds is 6. The summed E-state index contributed by atoms with van der Waals surface area (Å²) in [6.07, 6.45) is 1.79. The summed E-state index contributed by atoms with van der Waals surface area (Å²) in [6, 6.07) is 0. The van der Waals surface area contributed by atoms with E-state index in [1.54, 1.807) is 0 Å². The molecular weight excluding hydrogens is 326 g/mol. The molecule has 0 spiro atoms. The fourth-order valence-corrected chi connectivity index (χ4v) is 3.58. The molecule has 3 heterocycles. The van der Waals surface area contributed by atoms with Gasteiger partial charge in [-0.05, 0) is 19.8 Å². The molecule has 3 rings (SSSR count). The Balaban J connectivity index is 1.42. The third kappa shape index (κ3) is 4.02. The monoisotopic (exact) mass is 341 g/mol. The number of hydrogen-bond donors (Lipinski definition) is 1. The van der Waals surface area contributed by atoms with Crippen LogP contribution < -0.4 is 5.32 Å². The molecule has 0 unspecified atom stereocenters. The first-order valence-electron chi connectivity index (χ1n) is 6.84. The molecule has 1 N–H and O–H groups in total. The number of thioether (sulfide) groups is 1. The highest BCUT2D eigenvalue weighted by Gasteiger charge is 2.23. The minimum absolute atomic E-state index is 0.104. The lowest BCUT2D eigenvalue weighted by Crippen LogP contribution is -2.25. The van der Waals surface area contributed by atoms with Gasteiger partial charge >= 0.3 is 0 Å². The standard InChI is InChI=1S/C12H15N5O3S2/c1-7-15-16-12(22-7)21-6-10(18)13-5-9-14-11(20-17-9)8-3-2-4-19-8/h8H,2-6H2,1H3,(H,13,18)/t8-/m1/s1. The molecule has 0 saturated carbocycles. The Hall–Kier alpha value is -1.52. The van der Waals surface area contributed by atoms with E-state index >= 15 is 0 Å². The first-order chi connectivity index (χ1) is 10.7. The van der Waals surface area contributed by atoms with E-state index in [0.29, 0.717) is 11.7 Å². The molecule has 1 atom stereocenters. The molecule has 1 fully saturated rings. The zero-order valence-electron chi connectivity index (χ0n) is 11.9. The fraction of sp³-hybridized carbons (Fsp3) is 0.583. The number of ether oxygens (including phenoxy) is 1. The number of carbonyl (C=O) groups is 1. The van der Waals surface area contributed by atoms with Crippen LogP contribution in [0.1, 0.15) is 35.7 Å². The van der Waals surface area contributed by atoms with Crippen molar-refractivity contribution in [3.63, 3.8) is 0 Å². The molecule has 22 heavy (non-hydrogen) atoms. The van der Waals surface area contributed by atoms with Gasteiger partial charge in [0, 0.05) is 6.61 Å². The quantitative estimate of drug-likeness (QED) is 0.788. The zero-order chi connectivity index (χ0) is 15.4. The third-order valence-electron chi connectivity index (χ3n) is 2.97. The molecule has 1 saturated heterocycles. The van der Waals surface area contributed by atoms with E-state index in [1.807, 2.05) is 6.92 Å². The van der Waals surface area contributed by atoms with Crippen LogP contribution in [0.4, 0.5) is 0 Å². The van der Waals surface area contributed by atoms with Gasteiger partial charge in [0.1, 0.15) is 11.1 Å². The van der Waals surface area contributed by atoms with Crippen LogP contribution in [-0.4, -0.2) is 38.6 Å². The SMILES string of the molecule is Cc1nnc(SCC(=O)NCc2noc([C@H]3CCCO3)n2)s1. The summed E-state index contributed by atoms with van der Waals surface area (Å²) >= 11 is 2.83. The van der Waals surface area contributed by atoms with E-state index in [2.05, 4.69) is 25.7 Å². The van der Waals surface area contributed by atoms with E-state index in [9.17, 15) is 4.79 Å². The second-order valence-electron chi connectivity index (χ2n) is 4.70. The summed E-state index contributed by atoms with van der Waals surface area (Å²) in [5.41, 5.74) is 0. The van der Waals surface area contributed by atoms with Crippen molar-refractivity contribution in [1.29, 1.82) is 0 Å². The van der Waals surface area contributed by atoms with Gasteiger partial charge in [-0.3, -0.25) is 4.79 Å². The van der Waals surface area contributed by atoms with Gasteiger partial charge in [0.2, 0.25) is 5.91 Å². The van der Waals surface area contributed by atoms with Crippen molar-refractivity contribution < 1.29 is 14.1 Å². The lowest BCUT2D eigenvalue weighted by atomic mass is 10.2. The molecule has 1 aliphatic rings. The predicted octanol–water partition coefficient (Wildman–Crippen LogP) is 1.49. The van der Waals surface area contributed by atoms with Gasteiger partial charge in [-0.25, -0.2) is 0 Å². The van der Waals surface area contributed by atoms with Crippen molar-refractivity contribution in [3.8, 4) is 0 Å². The molecule has 8 nitrogen and oxygen atoms in total. The average Bonchev–Trinajstić information content (AvgIpc) is 3.23. The third-order valence-corrected chi connectivity index (χ3v) is 4.94. The number of amides is 1. The Kier molecular flexibility index (Phi) is 5.01. The van der Waals surface area contributed by atoms with Crippen LogP contribution in [0.25, 0.3) is 0 Å². The van der Waals surface area contributed by atoms with Crippen LogP contribution in [0.3, 0.4) is 0 Å². The molecule has 2 aromatic heterocycles. The Morgan fingerprint density at radius 2 is 2.41 bits per heavy atom. The number of nitrogens with one attached hydrogen (secondary N) is 1. The molecule has 0 aromatic carbocycles. The topological polar surface area (TPSA) is 103 Å². The smallest absolute Gasteiger partial charge is 0.255 e. The normalized spacial score (nSPS) is 17.8. The van der Waals surface area contributed by atoms with E-state index in [1.165, 1.54) is 23.1 Å². The van der Waals surface area contributed by atoms with Gasteiger partial charge in [-0.2, -0.15) is 4.98 Å². The summed E-state index contributed by atoms with van der Waals surface area (Å²) in [7, 11) is 0. The Morgan fingerprint density at radius 1 is 1.50 bits per heavy atom. The van der Waals surface area contributed by atoms with Gasteiger partial charge in [0.25, 0.3) is 5.89 Å². The Labute approximate surface area is 135 Å². The second kappa shape index (κ2) is 7.16. The fourth-order valence-electron chi connectivity index (χ4n) is 1.94. The number of carbonyl (C=O) groups excluding carboxylic acids is 1. The summed E-state index contributed by atoms with van der Waals surface area (Å²) in [4.78, 5) is 16.0. The predicted molar refractivity (Wildman–Crippen MR) is 79.4 cm³/mol. The number of aryl methyl sites for hydroxylation is 1. The molecule has 0 radical (unpaired) electrons. The summed E-state index contributed by atoms with van der Waals surface area (Å²) in [5, 5.41) is 15.3. The van der Waals surface area contributed by atoms with Crippen molar-refractivity contribution in [2.75, 3.05) is 12.4 Å². The van der Waals surface area contributed by atoms with Crippen molar-refractivity contribution in [2.45, 2.75) is 36.8 Å². The lowest BCUT2D eigenvalue weighted by molar-refractivity contribution is -0.118. The van der Waals surface area contributed by atoms with Crippen LogP contribution in [0, 0.1) is 6.92 Å². The molecular formula is C12H15N5O3S2. The van der Waals surface area contributed by atoms with E-state index in [4.69, 9.17) is 9.26 Å². The highest BCUT2D eigenvalue weighted by atomic mass is 32.2. The van der Waals surface area contributed by atoms with Gasteiger partial charge in [0.15, 0.2) is 10.2 Å². The molecule has 1 aliphatic heterocycles. The van der Waals surface area contributed by atoms with Gasteiger partial charge in [-0.15, -0.1) is 10.2 Å². The summed E-state index contributed by atoms with van der Waals surface area (Å²) in [5.74, 6) is 1.11. The highest BCUT2D eigenvalue weighted by molar-refractivity contribution is 8.01. The largest absolute Gasteiger partial charge is 0.368 e. The summed E-state index contributed by atoms with van der Waals surface area (Å²) < 4.78 is 11.4. The minimum Gasteiger partial charge on any atom is -0.368 e. The van der Waals surface area contributed by atoms with Crippen LogP contribution in [0.2, 0.25) is 0 Å². The Bertz CT molecular complexity index is 638. The second-order valence-corrected chi connectivity index (χ2v) is 7.11. The van der Waals surface area contributed by atoms with E-state index < -0.39 is 0 Å². The molecule has 0 aliphatic carbocycles. The van der Waals surface area contributed by atoms with E-state index in [0.717, 1.165) is 28.8 Å². The Morgan fingerprint density at radius 3 is 3.14 bits per heavy atom. The van der Waals surface area contributed by atoms with Gasteiger partial charge in [-0.1, -0.05) is 28.3 Å². The van der Waals surface area contributed by atoms with Gasteiger partial charge < -0.3 is 14.6 Å². The average molecular weight is 341 g/mol. The number of aromatic nitrogens is 4. The first kappa shape index (κ1) is 15.4. The van der Waals surface area contributed by atoms with Crippen LogP contribution in [0.5, 0.6) is 0 Å². The maximum absolute atomic E-state index is 11.8. The molecule has 10 heteroatoms. The maximum atomic E-state index is 11.8. The van der Waals surface area contributed by atoms with Crippen LogP contribution in [-0.2, 0) is 16.1 Å². The van der Waals surface area contributed by atoms with Crippen LogP contribution in [0.15, 0.2) is 8.86 Å². The molecule has 0 bridgehead atoms. The highest BCUT2D eigenvalue weighted by Crippen LogP contribution is 2.26. The maximum Gasteiger partial charge on any atom is 0.255 e. The van der Waals surface area contributed by atoms with Crippen LogP contribution >= 0.6 is 23.1 Å². The van der Waals surface area contributed by atoms with Crippen molar-refractivity contribution in [1.82, 2.24) is 25.7 Å². The van der Waals surface area contributed by atoms with E-state index in [-0.39, 0.29) is 24.3 Å².